The zero-order chi connectivity index (χ0) is 18.3. The number of rotatable bonds is 4. The molecule has 0 amide bonds. The van der Waals surface area contributed by atoms with Crippen LogP contribution in [0.15, 0.2) is 42.5 Å². The fourth-order valence-corrected chi connectivity index (χ4v) is 4.44. The van der Waals surface area contributed by atoms with E-state index in [4.69, 9.17) is 0 Å². The molecule has 0 radical (unpaired) electrons. The Morgan fingerprint density at radius 1 is 1.15 bits per heavy atom. The highest BCUT2D eigenvalue weighted by atomic mass is 19.1. The van der Waals surface area contributed by atoms with Crippen molar-refractivity contribution in [1.82, 2.24) is 9.47 Å². The van der Waals surface area contributed by atoms with Gasteiger partial charge in [-0.15, -0.1) is 0 Å². The van der Waals surface area contributed by atoms with Crippen molar-refractivity contribution in [3.05, 3.63) is 70.7 Å². The summed E-state index contributed by atoms with van der Waals surface area (Å²) in [5, 5.41) is 1.09. The van der Waals surface area contributed by atoms with Crippen LogP contribution in [-0.4, -0.2) is 22.1 Å². The summed E-state index contributed by atoms with van der Waals surface area (Å²) in [6.45, 7) is 9.40. The third-order valence-corrected chi connectivity index (χ3v) is 5.84. The van der Waals surface area contributed by atoms with Gasteiger partial charge in [0.15, 0.2) is 0 Å². The van der Waals surface area contributed by atoms with Gasteiger partial charge in [-0.05, 0) is 44.0 Å². The van der Waals surface area contributed by atoms with Gasteiger partial charge in [0, 0.05) is 36.6 Å². The van der Waals surface area contributed by atoms with Crippen LogP contribution in [0.2, 0.25) is 0 Å². The third-order valence-electron chi connectivity index (χ3n) is 5.84. The van der Waals surface area contributed by atoms with E-state index >= 15 is 0 Å². The fraction of sp³-hybridized carbons (Fsp3) is 0.391. The standard InChI is InChI=1S/C23H27FN2/c1-4-25-15-20-19-9-6-10-21(24)23(19)26(22(20)14-17(25)3)12-11-18-8-5-7-16(2)13-18/h5-10,13,17H,4,11-12,14-15H2,1-3H3. The molecule has 0 N–H and O–H groups in total. The predicted octanol–water partition coefficient (Wildman–Crippen LogP) is 5.10. The molecule has 0 saturated carbocycles. The predicted molar refractivity (Wildman–Crippen MR) is 106 cm³/mol. The number of hydrogen-bond donors (Lipinski definition) is 0. The van der Waals surface area contributed by atoms with Gasteiger partial charge in [0.2, 0.25) is 0 Å². The lowest BCUT2D eigenvalue weighted by Crippen LogP contribution is -2.38. The normalized spacial score (nSPS) is 17.6. The Hall–Kier alpha value is -2.13. The number of aromatic nitrogens is 1. The molecule has 0 saturated heterocycles. The minimum Gasteiger partial charge on any atom is -0.342 e. The van der Waals surface area contributed by atoms with Crippen molar-refractivity contribution in [1.29, 1.82) is 0 Å². The van der Waals surface area contributed by atoms with Gasteiger partial charge in [0.05, 0.1) is 5.52 Å². The van der Waals surface area contributed by atoms with E-state index in [0.717, 1.165) is 43.4 Å². The number of aryl methyl sites for hydroxylation is 3. The first-order chi connectivity index (χ1) is 12.6. The van der Waals surface area contributed by atoms with Crippen LogP contribution in [0.25, 0.3) is 10.9 Å². The lowest BCUT2D eigenvalue weighted by atomic mass is 9.99. The summed E-state index contributed by atoms with van der Waals surface area (Å²) in [6.07, 6.45) is 1.92. The molecular weight excluding hydrogens is 323 g/mol. The molecule has 1 aliphatic rings. The first kappa shape index (κ1) is 17.3. The van der Waals surface area contributed by atoms with Gasteiger partial charge in [-0.25, -0.2) is 4.39 Å². The fourth-order valence-electron chi connectivity index (χ4n) is 4.44. The molecule has 0 bridgehead atoms. The van der Waals surface area contributed by atoms with Gasteiger partial charge in [-0.1, -0.05) is 48.9 Å². The van der Waals surface area contributed by atoms with Crippen molar-refractivity contribution in [2.45, 2.75) is 52.7 Å². The number of likely N-dealkylation sites (N-methyl/N-ethyl adjacent to an activating group) is 1. The molecule has 2 heterocycles. The molecule has 3 heteroatoms. The maximum Gasteiger partial charge on any atom is 0.147 e. The highest BCUT2D eigenvalue weighted by Crippen LogP contribution is 2.34. The molecule has 1 aromatic heterocycles. The van der Waals surface area contributed by atoms with Crippen molar-refractivity contribution in [2.75, 3.05) is 6.54 Å². The Labute approximate surface area is 155 Å². The number of halogens is 1. The molecule has 0 spiro atoms. The van der Waals surface area contributed by atoms with E-state index in [1.165, 1.54) is 22.4 Å². The molecular formula is C23H27FN2. The van der Waals surface area contributed by atoms with Crippen LogP contribution in [0.1, 0.15) is 36.2 Å². The quantitative estimate of drug-likeness (QED) is 0.636. The first-order valence-corrected chi connectivity index (χ1v) is 9.66. The summed E-state index contributed by atoms with van der Waals surface area (Å²) in [5.41, 5.74) is 6.03. The Morgan fingerprint density at radius 3 is 2.73 bits per heavy atom. The van der Waals surface area contributed by atoms with Crippen molar-refractivity contribution < 1.29 is 4.39 Å². The average molecular weight is 350 g/mol. The molecule has 1 unspecified atom stereocenters. The van der Waals surface area contributed by atoms with E-state index in [0.29, 0.717) is 6.04 Å². The monoisotopic (exact) mass is 350 g/mol. The summed E-state index contributed by atoms with van der Waals surface area (Å²) >= 11 is 0. The number of hydrogen-bond acceptors (Lipinski definition) is 1. The van der Waals surface area contributed by atoms with Crippen molar-refractivity contribution in [3.8, 4) is 0 Å². The SMILES string of the molecule is CCN1Cc2c(n(CCc3cccc(C)c3)c3c(F)cccc23)CC1C. The van der Waals surface area contributed by atoms with E-state index in [1.54, 1.807) is 6.07 Å². The summed E-state index contributed by atoms with van der Waals surface area (Å²) in [7, 11) is 0. The van der Waals surface area contributed by atoms with E-state index in [-0.39, 0.29) is 5.82 Å². The van der Waals surface area contributed by atoms with Gasteiger partial charge in [0.1, 0.15) is 5.82 Å². The molecule has 0 aliphatic carbocycles. The largest absolute Gasteiger partial charge is 0.342 e. The topological polar surface area (TPSA) is 8.17 Å². The molecule has 26 heavy (non-hydrogen) atoms. The summed E-state index contributed by atoms with van der Waals surface area (Å²) in [4.78, 5) is 2.48. The molecule has 2 nitrogen and oxygen atoms in total. The van der Waals surface area contributed by atoms with Crippen molar-refractivity contribution >= 4 is 10.9 Å². The molecule has 0 fully saturated rings. The highest BCUT2D eigenvalue weighted by Gasteiger charge is 2.28. The maximum atomic E-state index is 14.8. The third kappa shape index (κ3) is 2.95. The summed E-state index contributed by atoms with van der Waals surface area (Å²) in [5.74, 6) is -0.100. The Morgan fingerprint density at radius 2 is 1.96 bits per heavy atom. The van der Waals surface area contributed by atoms with Gasteiger partial charge in [-0.2, -0.15) is 0 Å². The van der Waals surface area contributed by atoms with Crippen LogP contribution in [0, 0.1) is 12.7 Å². The lowest BCUT2D eigenvalue weighted by molar-refractivity contribution is 0.192. The van der Waals surface area contributed by atoms with Crippen LogP contribution >= 0.6 is 0 Å². The molecule has 1 atom stereocenters. The van der Waals surface area contributed by atoms with Gasteiger partial charge in [-0.3, -0.25) is 4.90 Å². The number of nitrogens with zero attached hydrogens (tertiary/aromatic N) is 2. The lowest BCUT2D eigenvalue weighted by Gasteiger charge is -2.33. The van der Waals surface area contributed by atoms with E-state index < -0.39 is 0 Å². The second-order valence-electron chi connectivity index (χ2n) is 7.57. The van der Waals surface area contributed by atoms with Gasteiger partial charge in [0.25, 0.3) is 0 Å². The molecule has 3 aromatic rings. The van der Waals surface area contributed by atoms with Crippen molar-refractivity contribution in [3.63, 3.8) is 0 Å². The van der Waals surface area contributed by atoms with E-state index in [9.17, 15) is 4.39 Å². The number of para-hydroxylation sites is 1. The van der Waals surface area contributed by atoms with Crippen molar-refractivity contribution in [2.24, 2.45) is 0 Å². The Kier molecular flexibility index (Phi) is 4.58. The van der Waals surface area contributed by atoms with E-state index in [1.807, 2.05) is 6.07 Å². The van der Waals surface area contributed by atoms with Crippen LogP contribution in [0.5, 0.6) is 0 Å². The zero-order valence-corrected chi connectivity index (χ0v) is 15.9. The van der Waals surface area contributed by atoms with Crippen LogP contribution in [0.3, 0.4) is 0 Å². The van der Waals surface area contributed by atoms with E-state index in [2.05, 4.69) is 60.6 Å². The Balaban J connectivity index is 1.77. The number of fused-ring (bicyclic) bond motifs is 3. The molecule has 4 rings (SSSR count). The zero-order valence-electron chi connectivity index (χ0n) is 15.9. The minimum absolute atomic E-state index is 0.100. The van der Waals surface area contributed by atoms with Crippen LogP contribution < -0.4 is 0 Å². The van der Waals surface area contributed by atoms with Gasteiger partial charge < -0.3 is 4.57 Å². The van der Waals surface area contributed by atoms with Crippen LogP contribution in [-0.2, 0) is 25.9 Å². The first-order valence-electron chi connectivity index (χ1n) is 9.66. The average Bonchev–Trinajstić information content (AvgIpc) is 2.93. The highest BCUT2D eigenvalue weighted by molar-refractivity contribution is 5.86. The minimum atomic E-state index is -0.100. The Bertz CT molecular complexity index is 941. The van der Waals surface area contributed by atoms with Crippen LogP contribution in [0.4, 0.5) is 4.39 Å². The molecule has 136 valence electrons. The smallest absolute Gasteiger partial charge is 0.147 e. The second-order valence-corrected chi connectivity index (χ2v) is 7.57. The molecule has 2 aromatic carbocycles. The maximum absolute atomic E-state index is 14.8. The second kappa shape index (κ2) is 6.88. The number of benzene rings is 2. The summed E-state index contributed by atoms with van der Waals surface area (Å²) in [6, 6.07) is 14.7. The van der Waals surface area contributed by atoms with Gasteiger partial charge >= 0.3 is 0 Å². The molecule has 1 aliphatic heterocycles. The summed E-state index contributed by atoms with van der Waals surface area (Å²) < 4.78 is 17.0.